The van der Waals surface area contributed by atoms with Crippen LogP contribution in [0.4, 0.5) is 0 Å². The van der Waals surface area contributed by atoms with E-state index >= 15 is 0 Å². The van der Waals surface area contributed by atoms with Gasteiger partial charge in [0.15, 0.2) is 5.76 Å². The van der Waals surface area contributed by atoms with Crippen molar-refractivity contribution in [3.8, 4) is 0 Å². The zero-order valence-electron chi connectivity index (χ0n) is 14.1. The Labute approximate surface area is 128 Å². The molecule has 21 heavy (non-hydrogen) atoms. The maximum atomic E-state index is 5.50. The Morgan fingerprint density at radius 2 is 2.19 bits per heavy atom. The number of likely N-dealkylation sites (N-methyl/N-ethyl adjacent to an activating group) is 1. The van der Waals surface area contributed by atoms with E-state index in [1.54, 1.807) is 0 Å². The second kappa shape index (κ2) is 6.90. The molecule has 1 aromatic heterocycles. The molecule has 0 saturated carbocycles. The maximum absolute atomic E-state index is 5.50. The van der Waals surface area contributed by atoms with Crippen LogP contribution < -0.4 is 5.32 Å². The van der Waals surface area contributed by atoms with E-state index in [1.165, 1.54) is 12.8 Å². The number of hydrogen-bond acceptors (Lipinski definition) is 5. The summed E-state index contributed by atoms with van der Waals surface area (Å²) in [7, 11) is 4.28. The van der Waals surface area contributed by atoms with Crippen LogP contribution >= 0.6 is 0 Å². The molecule has 0 radical (unpaired) electrons. The van der Waals surface area contributed by atoms with E-state index in [1.807, 2.05) is 0 Å². The third-order valence-corrected chi connectivity index (χ3v) is 3.84. The fraction of sp³-hybridized carbons (Fsp3) is 0.812. The van der Waals surface area contributed by atoms with Gasteiger partial charge in [0.05, 0.1) is 12.2 Å². The lowest BCUT2D eigenvalue weighted by molar-refractivity contribution is 0.182. The summed E-state index contributed by atoms with van der Waals surface area (Å²) in [5.74, 6) is 0.978. The molecule has 1 aliphatic rings. The van der Waals surface area contributed by atoms with Crippen molar-refractivity contribution in [2.75, 3.05) is 27.2 Å². The van der Waals surface area contributed by atoms with Crippen LogP contribution in [0.2, 0.25) is 0 Å². The molecule has 1 aromatic rings. The minimum atomic E-state index is 0.102. The van der Waals surface area contributed by atoms with E-state index in [9.17, 15) is 0 Å². The lowest BCUT2D eigenvalue weighted by atomic mass is 10.1. The van der Waals surface area contributed by atoms with E-state index in [-0.39, 0.29) is 5.54 Å². The number of nitrogens with one attached hydrogen (secondary N) is 1. The topological polar surface area (TPSA) is 44.5 Å². The number of nitrogens with zero attached hydrogens (tertiary/aromatic N) is 3. The first-order valence-electron chi connectivity index (χ1n) is 7.92. The number of hydrogen-bond donors (Lipinski definition) is 1. The first-order chi connectivity index (χ1) is 9.83. The Bertz CT molecular complexity index is 436. The van der Waals surface area contributed by atoms with Crippen molar-refractivity contribution in [1.29, 1.82) is 0 Å². The van der Waals surface area contributed by atoms with Crippen molar-refractivity contribution in [2.45, 2.75) is 58.3 Å². The fourth-order valence-corrected chi connectivity index (χ4v) is 2.80. The average molecular weight is 294 g/mol. The van der Waals surface area contributed by atoms with Crippen LogP contribution in [-0.4, -0.2) is 53.7 Å². The average Bonchev–Trinajstić information content (AvgIpc) is 2.96. The third-order valence-electron chi connectivity index (χ3n) is 3.84. The minimum Gasteiger partial charge on any atom is -0.360 e. The Kier molecular flexibility index (Phi) is 5.41. The summed E-state index contributed by atoms with van der Waals surface area (Å²) in [5.41, 5.74) is 1.09. The lowest BCUT2D eigenvalue weighted by Crippen LogP contribution is -2.37. The van der Waals surface area contributed by atoms with E-state index in [0.29, 0.717) is 6.04 Å². The quantitative estimate of drug-likeness (QED) is 0.870. The Morgan fingerprint density at radius 1 is 1.43 bits per heavy atom. The smallest absolute Gasteiger partial charge is 0.151 e. The summed E-state index contributed by atoms with van der Waals surface area (Å²) in [6.45, 7) is 10.4. The van der Waals surface area contributed by atoms with Gasteiger partial charge in [0, 0.05) is 30.7 Å². The summed E-state index contributed by atoms with van der Waals surface area (Å²) in [6, 6.07) is 2.73. The van der Waals surface area contributed by atoms with Crippen molar-refractivity contribution >= 4 is 0 Å². The van der Waals surface area contributed by atoms with Gasteiger partial charge in [-0.1, -0.05) is 5.16 Å². The molecule has 1 aliphatic heterocycles. The van der Waals surface area contributed by atoms with Crippen LogP contribution in [0.5, 0.6) is 0 Å². The molecule has 120 valence electrons. The Hall–Kier alpha value is -0.910. The molecule has 2 rings (SSSR count). The number of aromatic nitrogens is 1. The van der Waals surface area contributed by atoms with Crippen LogP contribution in [-0.2, 0) is 13.1 Å². The van der Waals surface area contributed by atoms with Crippen molar-refractivity contribution in [1.82, 2.24) is 20.3 Å². The van der Waals surface area contributed by atoms with Crippen molar-refractivity contribution < 1.29 is 4.52 Å². The predicted molar refractivity (Wildman–Crippen MR) is 85.1 cm³/mol. The van der Waals surface area contributed by atoms with Gasteiger partial charge in [0.2, 0.25) is 0 Å². The first kappa shape index (κ1) is 16.5. The van der Waals surface area contributed by atoms with Crippen LogP contribution in [0.25, 0.3) is 0 Å². The molecule has 0 bridgehead atoms. The monoisotopic (exact) mass is 294 g/mol. The van der Waals surface area contributed by atoms with Gasteiger partial charge in [-0.3, -0.25) is 4.90 Å². The number of rotatable bonds is 6. The highest BCUT2D eigenvalue weighted by atomic mass is 16.5. The minimum absolute atomic E-state index is 0.102. The van der Waals surface area contributed by atoms with Crippen molar-refractivity contribution in [3.05, 3.63) is 17.5 Å². The molecule has 1 saturated heterocycles. The summed E-state index contributed by atoms with van der Waals surface area (Å²) in [4.78, 5) is 4.78. The van der Waals surface area contributed by atoms with Gasteiger partial charge in [-0.15, -0.1) is 0 Å². The van der Waals surface area contributed by atoms with Crippen LogP contribution in [0, 0.1) is 0 Å². The summed E-state index contributed by atoms with van der Waals surface area (Å²) in [6.07, 6.45) is 2.57. The second-order valence-electron chi connectivity index (χ2n) is 7.42. The van der Waals surface area contributed by atoms with Gasteiger partial charge in [-0.2, -0.15) is 0 Å². The molecule has 0 aliphatic carbocycles. The summed E-state index contributed by atoms with van der Waals surface area (Å²) >= 11 is 0. The number of likely N-dealkylation sites (tertiary alicyclic amines) is 1. The van der Waals surface area contributed by atoms with Crippen LogP contribution in [0.3, 0.4) is 0 Å². The van der Waals surface area contributed by atoms with Crippen molar-refractivity contribution in [2.24, 2.45) is 0 Å². The highest BCUT2D eigenvalue weighted by Crippen LogP contribution is 2.21. The van der Waals surface area contributed by atoms with Gasteiger partial charge in [0.1, 0.15) is 0 Å². The predicted octanol–water partition coefficient (Wildman–Crippen LogP) is 2.09. The van der Waals surface area contributed by atoms with E-state index in [0.717, 1.165) is 37.6 Å². The molecule has 0 spiro atoms. The van der Waals surface area contributed by atoms with Gasteiger partial charge in [-0.25, -0.2) is 0 Å². The molecule has 5 heteroatoms. The fourth-order valence-electron chi connectivity index (χ4n) is 2.80. The normalized spacial score (nSPS) is 20.6. The SMILES string of the molecule is CN(C)CC1CCCN1Cc1cc(CNC(C)(C)C)no1. The van der Waals surface area contributed by atoms with Crippen LogP contribution in [0.1, 0.15) is 45.1 Å². The molecular formula is C16H30N4O. The highest BCUT2D eigenvalue weighted by molar-refractivity contribution is 5.06. The summed E-state index contributed by atoms with van der Waals surface area (Å²) < 4.78 is 5.50. The molecule has 2 heterocycles. The molecule has 0 aromatic carbocycles. The van der Waals surface area contributed by atoms with Crippen molar-refractivity contribution in [3.63, 3.8) is 0 Å². The molecule has 5 nitrogen and oxygen atoms in total. The molecule has 1 N–H and O–H groups in total. The van der Waals surface area contributed by atoms with E-state index in [4.69, 9.17) is 4.52 Å². The Morgan fingerprint density at radius 3 is 2.86 bits per heavy atom. The van der Waals surface area contributed by atoms with Gasteiger partial charge >= 0.3 is 0 Å². The Balaban J connectivity index is 1.87. The molecule has 0 amide bonds. The van der Waals surface area contributed by atoms with Gasteiger partial charge in [-0.05, 0) is 54.3 Å². The maximum Gasteiger partial charge on any atom is 0.151 e. The highest BCUT2D eigenvalue weighted by Gasteiger charge is 2.26. The second-order valence-corrected chi connectivity index (χ2v) is 7.42. The summed E-state index contributed by atoms with van der Waals surface area (Å²) in [5, 5.41) is 7.61. The largest absolute Gasteiger partial charge is 0.360 e. The molecule has 1 atom stereocenters. The standard InChI is InChI=1S/C16H30N4O/c1-16(2,3)17-10-13-9-15(21-18-13)12-20-8-6-7-14(20)11-19(4)5/h9,14,17H,6-8,10-12H2,1-5H3. The van der Waals surface area contributed by atoms with Gasteiger partial charge in [0.25, 0.3) is 0 Å². The zero-order chi connectivity index (χ0) is 15.5. The van der Waals surface area contributed by atoms with E-state index < -0.39 is 0 Å². The first-order valence-corrected chi connectivity index (χ1v) is 7.92. The molecule has 1 fully saturated rings. The molecule has 1 unspecified atom stereocenters. The van der Waals surface area contributed by atoms with Crippen LogP contribution in [0.15, 0.2) is 10.6 Å². The lowest BCUT2D eigenvalue weighted by Gasteiger charge is -2.25. The van der Waals surface area contributed by atoms with E-state index in [2.05, 4.69) is 61.2 Å². The molecular weight excluding hydrogens is 264 g/mol. The van der Waals surface area contributed by atoms with Gasteiger partial charge < -0.3 is 14.7 Å². The zero-order valence-corrected chi connectivity index (χ0v) is 14.1. The third kappa shape index (κ3) is 5.41.